The van der Waals surface area contributed by atoms with E-state index in [9.17, 15) is 0 Å². The first-order chi connectivity index (χ1) is 10.2. The molecule has 3 heteroatoms. The summed E-state index contributed by atoms with van der Waals surface area (Å²) >= 11 is 0. The van der Waals surface area contributed by atoms with E-state index in [1.165, 1.54) is 30.5 Å². The zero-order chi connectivity index (χ0) is 14.8. The molecule has 112 valence electrons. The first kappa shape index (κ1) is 14.3. The number of nitrogens with zero attached hydrogens (tertiary/aromatic N) is 2. The van der Waals surface area contributed by atoms with E-state index in [4.69, 9.17) is 0 Å². The highest BCUT2D eigenvalue weighted by atomic mass is 15.3. The van der Waals surface area contributed by atoms with Crippen molar-refractivity contribution in [3.63, 3.8) is 0 Å². The van der Waals surface area contributed by atoms with Crippen molar-refractivity contribution in [2.24, 2.45) is 13.0 Å². The standard InChI is InChI=1S/C18H25N3/c1-13-10-17(21(3)20-13)12-18(19-2)16-9-8-14-6-4-5-7-15(14)11-16/h4-7,10,16,18-19H,8-9,11-12H2,1-3H3. The van der Waals surface area contributed by atoms with E-state index in [0.29, 0.717) is 12.0 Å². The maximum absolute atomic E-state index is 4.47. The van der Waals surface area contributed by atoms with Crippen LogP contribution < -0.4 is 5.32 Å². The van der Waals surface area contributed by atoms with E-state index in [0.717, 1.165) is 12.1 Å². The SMILES string of the molecule is CNC(Cc1cc(C)nn1C)C1CCc2ccccc2C1. The Hall–Kier alpha value is -1.61. The third-order valence-electron chi connectivity index (χ3n) is 4.85. The van der Waals surface area contributed by atoms with Gasteiger partial charge in [0.25, 0.3) is 0 Å². The molecule has 2 atom stereocenters. The maximum Gasteiger partial charge on any atom is 0.0596 e. The van der Waals surface area contributed by atoms with Gasteiger partial charge in [0, 0.05) is 25.2 Å². The maximum atomic E-state index is 4.47. The summed E-state index contributed by atoms with van der Waals surface area (Å²) in [6, 6.07) is 11.6. The second kappa shape index (κ2) is 6.02. The Labute approximate surface area is 127 Å². The van der Waals surface area contributed by atoms with Gasteiger partial charge in [-0.3, -0.25) is 4.68 Å². The summed E-state index contributed by atoms with van der Waals surface area (Å²) in [6.07, 6.45) is 4.74. The number of fused-ring (bicyclic) bond motifs is 1. The molecule has 0 saturated carbocycles. The Morgan fingerprint density at radius 2 is 2.10 bits per heavy atom. The van der Waals surface area contributed by atoms with Crippen molar-refractivity contribution in [1.82, 2.24) is 15.1 Å². The third-order valence-corrected chi connectivity index (χ3v) is 4.85. The number of rotatable bonds is 4. The van der Waals surface area contributed by atoms with Crippen LogP contribution in [0.5, 0.6) is 0 Å². The molecule has 0 aliphatic heterocycles. The lowest BCUT2D eigenvalue weighted by Crippen LogP contribution is -2.39. The van der Waals surface area contributed by atoms with Gasteiger partial charge < -0.3 is 5.32 Å². The lowest BCUT2D eigenvalue weighted by atomic mass is 9.79. The number of hydrogen-bond donors (Lipinski definition) is 1. The predicted octanol–water partition coefficient (Wildman–Crippen LogP) is 2.66. The Morgan fingerprint density at radius 3 is 2.76 bits per heavy atom. The highest BCUT2D eigenvalue weighted by Gasteiger charge is 2.26. The molecule has 2 unspecified atom stereocenters. The molecule has 0 radical (unpaired) electrons. The van der Waals surface area contributed by atoms with Crippen LogP contribution >= 0.6 is 0 Å². The fourth-order valence-corrected chi connectivity index (χ4v) is 3.65. The lowest BCUT2D eigenvalue weighted by molar-refractivity contribution is 0.328. The van der Waals surface area contributed by atoms with Crippen LogP contribution in [-0.2, 0) is 26.3 Å². The number of hydrogen-bond acceptors (Lipinski definition) is 2. The minimum atomic E-state index is 0.521. The molecule has 0 saturated heterocycles. The molecule has 2 aromatic rings. The quantitative estimate of drug-likeness (QED) is 0.935. The van der Waals surface area contributed by atoms with Crippen LogP contribution in [0.3, 0.4) is 0 Å². The van der Waals surface area contributed by atoms with Crippen LogP contribution in [0.1, 0.15) is 28.9 Å². The first-order valence-electron chi connectivity index (χ1n) is 7.91. The van der Waals surface area contributed by atoms with Crippen molar-refractivity contribution >= 4 is 0 Å². The number of benzene rings is 1. The molecule has 3 nitrogen and oxygen atoms in total. The molecule has 1 heterocycles. The predicted molar refractivity (Wildman–Crippen MR) is 86.5 cm³/mol. The topological polar surface area (TPSA) is 29.9 Å². The molecular formula is C18H25N3. The van der Waals surface area contributed by atoms with Crippen LogP contribution in [0.4, 0.5) is 0 Å². The molecule has 1 aliphatic carbocycles. The summed E-state index contributed by atoms with van der Waals surface area (Å²) in [5, 5.41) is 8.01. The van der Waals surface area contributed by atoms with Crippen LogP contribution in [0.15, 0.2) is 30.3 Å². The average molecular weight is 283 g/mol. The monoisotopic (exact) mass is 283 g/mol. The molecule has 0 spiro atoms. The Balaban J connectivity index is 1.74. The molecule has 3 rings (SSSR count). The molecular weight excluding hydrogens is 258 g/mol. The van der Waals surface area contributed by atoms with Crippen molar-refractivity contribution in [2.75, 3.05) is 7.05 Å². The smallest absolute Gasteiger partial charge is 0.0596 e. The third kappa shape index (κ3) is 3.03. The Kier molecular flexibility index (Phi) is 4.11. The van der Waals surface area contributed by atoms with Gasteiger partial charge in [-0.25, -0.2) is 0 Å². The second-order valence-electron chi connectivity index (χ2n) is 6.27. The number of aromatic nitrogens is 2. The summed E-state index contributed by atoms with van der Waals surface area (Å²) < 4.78 is 2.02. The van der Waals surface area contributed by atoms with Gasteiger partial charge >= 0.3 is 0 Å². The highest BCUT2D eigenvalue weighted by Crippen LogP contribution is 2.28. The van der Waals surface area contributed by atoms with E-state index in [2.05, 4.69) is 54.7 Å². The van der Waals surface area contributed by atoms with E-state index >= 15 is 0 Å². The second-order valence-corrected chi connectivity index (χ2v) is 6.27. The summed E-state index contributed by atoms with van der Waals surface area (Å²) in [7, 11) is 4.14. The molecule has 1 N–H and O–H groups in total. The van der Waals surface area contributed by atoms with Gasteiger partial charge in [0.1, 0.15) is 0 Å². The van der Waals surface area contributed by atoms with E-state index < -0.39 is 0 Å². The molecule has 0 fully saturated rings. The Morgan fingerprint density at radius 1 is 1.33 bits per heavy atom. The zero-order valence-electron chi connectivity index (χ0n) is 13.3. The summed E-state index contributed by atoms with van der Waals surface area (Å²) in [5.74, 6) is 0.708. The van der Waals surface area contributed by atoms with Gasteiger partial charge in [-0.05, 0) is 56.3 Å². The van der Waals surface area contributed by atoms with Crippen LogP contribution in [-0.4, -0.2) is 22.9 Å². The fraction of sp³-hybridized carbons (Fsp3) is 0.500. The number of likely N-dealkylation sites (N-methyl/N-ethyl adjacent to an activating group) is 1. The lowest BCUT2D eigenvalue weighted by Gasteiger charge is -2.31. The number of aryl methyl sites for hydroxylation is 3. The van der Waals surface area contributed by atoms with Gasteiger partial charge in [0.2, 0.25) is 0 Å². The minimum Gasteiger partial charge on any atom is -0.316 e. The Bertz CT molecular complexity index is 615. The normalized spacial score (nSPS) is 19.3. The first-order valence-corrected chi connectivity index (χ1v) is 7.91. The van der Waals surface area contributed by atoms with E-state index in [1.54, 1.807) is 5.56 Å². The van der Waals surface area contributed by atoms with Crippen molar-refractivity contribution < 1.29 is 0 Å². The summed E-state index contributed by atoms with van der Waals surface area (Å²) in [4.78, 5) is 0. The molecule has 0 amide bonds. The van der Waals surface area contributed by atoms with Crippen molar-refractivity contribution in [2.45, 2.75) is 38.6 Å². The van der Waals surface area contributed by atoms with Crippen LogP contribution in [0.2, 0.25) is 0 Å². The molecule has 21 heavy (non-hydrogen) atoms. The fourth-order valence-electron chi connectivity index (χ4n) is 3.65. The summed E-state index contributed by atoms with van der Waals surface area (Å²) in [6.45, 7) is 2.06. The van der Waals surface area contributed by atoms with Crippen molar-refractivity contribution in [3.8, 4) is 0 Å². The van der Waals surface area contributed by atoms with Crippen molar-refractivity contribution in [1.29, 1.82) is 0 Å². The molecule has 1 aliphatic rings. The molecule has 1 aromatic carbocycles. The van der Waals surface area contributed by atoms with Gasteiger partial charge in [0.05, 0.1) is 5.69 Å². The van der Waals surface area contributed by atoms with Gasteiger partial charge in [-0.2, -0.15) is 5.10 Å². The van der Waals surface area contributed by atoms with Gasteiger partial charge in [0.15, 0.2) is 0 Å². The van der Waals surface area contributed by atoms with E-state index in [1.807, 2.05) is 11.7 Å². The molecule has 1 aromatic heterocycles. The van der Waals surface area contributed by atoms with Crippen molar-refractivity contribution in [3.05, 3.63) is 52.8 Å². The van der Waals surface area contributed by atoms with Crippen LogP contribution in [0.25, 0.3) is 0 Å². The zero-order valence-corrected chi connectivity index (χ0v) is 13.3. The van der Waals surface area contributed by atoms with E-state index in [-0.39, 0.29) is 0 Å². The number of nitrogens with one attached hydrogen (secondary N) is 1. The van der Waals surface area contributed by atoms with Gasteiger partial charge in [-0.15, -0.1) is 0 Å². The summed E-state index contributed by atoms with van der Waals surface area (Å²) in [5.41, 5.74) is 5.51. The average Bonchev–Trinajstić information content (AvgIpc) is 2.82. The minimum absolute atomic E-state index is 0.521. The molecule has 0 bridgehead atoms. The van der Waals surface area contributed by atoms with Crippen LogP contribution in [0, 0.1) is 12.8 Å². The highest BCUT2D eigenvalue weighted by molar-refractivity contribution is 5.30. The van der Waals surface area contributed by atoms with Gasteiger partial charge in [-0.1, -0.05) is 24.3 Å². The largest absolute Gasteiger partial charge is 0.316 e.